The highest BCUT2D eigenvalue weighted by atomic mass is 16.4. The second-order valence-corrected chi connectivity index (χ2v) is 3.71. The molecule has 0 amide bonds. The topological polar surface area (TPSA) is 70.6 Å². The zero-order valence-corrected chi connectivity index (χ0v) is 9.39. The molecule has 1 rings (SSSR count). The van der Waals surface area contributed by atoms with Gasteiger partial charge in [-0.2, -0.15) is 0 Å². The largest absolute Gasteiger partial charge is 0.409 e. The fraction of sp³-hybridized carbons (Fsp3) is 0.417. The monoisotopic (exact) mass is 221 g/mol. The van der Waals surface area contributed by atoms with E-state index >= 15 is 0 Å². The summed E-state index contributed by atoms with van der Waals surface area (Å²) in [7, 11) is 0. The van der Waals surface area contributed by atoms with E-state index < -0.39 is 0 Å². The molecule has 0 bridgehead atoms. The van der Waals surface area contributed by atoms with Crippen LogP contribution in [0.5, 0.6) is 0 Å². The summed E-state index contributed by atoms with van der Waals surface area (Å²) in [6.45, 7) is 1.85. The summed E-state index contributed by atoms with van der Waals surface area (Å²) < 4.78 is 0. The van der Waals surface area contributed by atoms with E-state index in [9.17, 15) is 0 Å². The molecule has 0 spiro atoms. The Morgan fingerprint density at radius 1 is 1.25 bits per heavy atom. The van der Waals surface area contributed by atoms with Gasteiger partial charge < -0.3 is 16.3 Å². The molecule has 0 radical (unpaired) electrons. The van der Waals surface area contributed by atoms with Crippen molar-refractivity contribution in [2.45, 2.75) is 25.8 Å². The average Bonchev–Trinajstić information content (AvgIpc) is 2.34. The second-order valence-electron chi connectivity index (χ2n) is 3.71. The van der Waals surface area contributed by atoms with Gasteiger partial charge in [0, 0.05) is 13.0 Å². The van der Waals surface area contributed by atoms with Crippen LogP contribution in [0.4, 0.5) is 0 Å². The Morgan fingerprint density at radius 2 is 2.00 bits per heavy atom. The molecular weight excluding hydrogens is 202 g/mol. The lowest BCUT2D eigenvalue weighted by Gasteiger charge is -2.04. The first-order valence-electron chi connectivity index (χ1n) is 5.54. The Labute approximate surface area is 96.2 Å². The zero-order chi connectivity index (χ0) is 11.6. The molecule has 16 heavy (non-hydrogen) atoms. The number of nitrogens with one attached hydrogen (secondary N) is 1. The minimum absolute atomic E-state index is 0.308. The third-order valence-electron chi connectivity index (χ3n) is 2.34. The molecule has 4 N–H and O–H groups in total. The molecule has 0 aromatic heterocycles. The van der Waals surface area contributed by atoms with Crippen molar-refractivity contribution in [3.05, 3.63) is 35.9 Å². The van der Waals surface area contributed by atoms with Gasteiger partial charge in [0.1, 0.15) is 5.84 Å². The number of rotatable bonds is 7. The maximum Gasteiger partial charge on any atom is 0.139 e. The first-order valence-corrected chi connectivity index (χ1v) is 5.54. The van der Waals surface area contributed by atoms with E-state index in [-0.39, 0.29) is 0 Å². The molecule has 0 saturated heterocycles. The van der Waals surface area contributed by atoms with Gasteiger partial charge in [-0.1, -0.05) is 35.5 Å². The standard InChI is InChI=1S/C12H19N3O/c13-12(15-16)8-4-5-9-14-10-11-6-2-1-3-7-11/h1-3,6-7,14,16H,4-5,8-10H2,(H2,13,15). The lowest BCUT2D eigenvalue weighted by Crippen LogP contribution is -2.16. The highest BCUT2D eigenvalue weighted by Crippen LogP contribution is 1.98. The molecule has 4 heteroatoms. The van der Waals surface area contributed by atoms with E-state index in [1.807, 2.05) is 18.2 Å². The van der Waals surface area contributed by atoms with Crippen molar-refractivity contribution in [3.8, 4) is 0 Å². The van der Waals surface area contributed by atoms with Crippen molar-refractivity contribution >= 4 is 5.84 Å². The van der Waals surface area contributed by atoms with Gasteiger partial charge in [-0.3, -0.25) is 0 Å². The fourth-order valence-electron chi connectivity index (χ4n) is 1.43. The van der Waals surface area contributed by atoms with Crippen LogP contribution in [0.2, 0.25) is 0 Å². The Kier molecular flexibility index (Phi) is 6.03. The molecule has 0 aliphatic heterocycles. The van der Waals surface area contributed by atoms with E-state index in [0.29, 0.717) is 12.3 Å². The van der Waals surface area contributed by atoms with Gasteiger partial charge in [0.05, 0.1) is 0 Å². The van der Waals surface area contributed by atoms with E-state index in [1.54, 1.807) is 0 Å². The predicted octanol–water partition coefficient (Wildman–Crippen LogP) is 1.69. The number of amidine groups is 1. The summed E-state index contributed by atoms with van der Waals surface area (Å²) in [5.74, 6) is 0.308. The predicted molar refractivity (Wildman–Crippen MR) is 65.4 cm³/mol. The van der Waals surface area contributed by atoms with Crippen LogP contribution in [0.3, 0.4) is 0 Å². The van der Waals surface area contributed by atoms with Crippen molar-refractivity contribution in [3.63, 3.8) is 0 Å². The molecule has 88 valence electrons. The number of oxime groups is 1. The van der Waals surface area contributed by atoms with Crippen LogP contribution in [0.15, 0.2) is 35.5 Å². The summed E-state index contributed by atoms with van der Waals surface area (Å²) in [6, 6.07) is 10.3. The quantitative estimate of drug-likeness (QED) is 0.216. The van der Waals surface area contributed by atoms with E-state index in [4.69, 9.17) is 10.9 Å². The SMILES string of the molecule is NC(CCCCNCc1ccccc1)=NO. The molecule has 0 aliphatic rings. The van der Waals surface area contributed by atoms with Gasteiger partial charge in [-0.15, -0.1) is 0 Å². The van der Waals surface area contributed by atoms with E-state index in [2.05, 4.69) is 22.6 Å². The molecular formula is C12H19N3O. The molecule has 1 aromatic rings. The summed E-state index contributed by atoms with van der Waals surface area (Å²) in [4.78, 5) is 0. The van der Waals surface area contributed by atoms with Crippen LogP contribution in [-0.4, -0.2) is 17.6 Å². The van der Waals surface area contributed by atoms with Crippen LogP contribution in [0, 0.1) is 0 Å². The fourth-order valence-corrected chi connectivity index (χ4v) is 1.43. The highest BCUT2D eigenvalue weighted by Gasteiger charge is 1.94. The minimum atomic E-state index is 0.308. The normalized spacial score (nSPS) is 11.6. The Bertz CT molecular complexity index is 311. The molecule has 0 atom stereocenters. The maximum absolute atomic E-state index is 8.33. The number of hydrogen-bond acceptors (Lipinski definition) is 3. The third kappa shape index (κ3) is 5.36. The van der Waals surface area contributed by atoms with Crippen molar-refractivity contribution in [2.75, 3.05) is 6.54 Å². The molecule has 0 unspecified atom stereocenters. The lowest BCUT2D eigenvalue weighted by atomic mass is 10.2. The summed E-state index contributed by atoms with van der Waals surface area (Å²) >= 11 is 0. The first kappa shape index (κ1) is 12.5. The minimum Gasteiger partial charge on any atom is -0.409 e. The molecule has 0 heterocycles. The van der Waals surface area contributed by atoms with Gasteiger partial charge in [-0.25, -0.2) is 0 Å². The third-order valence-corrected chi connectivity index (χ3v) is 2.34. The summed E-state index contributed by atoms with van der Waals surface area (Å²) in [5, 5.41) is 14.6. The van der Waals surface area contributed by atoms with Crippen molar-refractivity contribution in [2.24, 2.45) is 10.9 Å². The maximum atomic E-state index is 8.33. The van der Waals surface area contributed by atoms with Gasteiger partial charge in [-0.05, 0) is 24.9 Å². The zero-order valence-electron chi connectivity index (χ0n) is 9.39. The van der Waals surface area contributed by atoms with Gasteiger partial charge >= 0.3 is 0 Å². The summed E-state index contributed by atoms with van der Waals surface area (Å²) in [5.41, 5.74) is 6.65. The van der Waals surface area contributed by atoms with Gasteiger partial charge in [0.15, 0.2) is 0 Å². The van der Waals surface area contributed by atoms with Crippen molar-refractivity contribution < 1.29 is 5.21 Å². The molecule has 1 aromatic carbocycles. The highest BCUT2D eigenvalue weighted by molar-refractivity contribution is 5.79. The Morgan fingerprint density at radius 3 is 2.69 bits per heavy atom. The molecule has 0 aliphatic carbocycles. The van der Waals surface area contributed by atoms with E-state index in [1.165, 1.54) is 5.56 Å². The van der Waals surface area contributed by atoms with Crippen LogP contribution < -0.4 is 11.1 Å². The number of hydrogen-bond donors (Lipinski definition) is 3. The number of unbranched alkanes of at least 4 members (excludes halogenated alkanes) is 1. The van der Waals surface area contributed by atoms with Crippen LogP contribution >= 0.6 is 0 Å². The lowest BCUT2D eigenvalue weighted by molar-refractivity contribution is 0.316. The van der Waals surface area contributed by atoms with Gasteiger partial charge in [0.25, 0.3) is 0 Å². The van der Waals surface area contributed by atoms with Crippen molar-refractivity contribution in [1.29, 1.82) is 0 Å². The van der Waals surface area contributed by atoms with Crippen LogP contribution in [0.25, 0.3) is 0 Å². The van der Waals surface area contributed by atoms with Gasteiger partial charge in [0.2, 0.25) is 0 Å². The average molecular weight is 221 g/mol. The Hall–Kier alpha value is -1.55. The number of nitrogens with two attached hydrogens (primary N) is 1. The smallest absolute Gasteiger partial charge is 0.139 e. The van der Waals surface area contributed by atoms with Crippen LogP contribution in [0.1, 0.15) is 24.8 Å². The first-order chi connectivity index (χ1) is 7.83. The van der Waals surface area contributed by atoms with Crippen LogP contribution in [-0.2, 0) is 6.54 Å². The van der Waals surface area contributed by atoms with E-state index in [0.717, 1.165) is 25.9 Å². The second kappa shape index (κ2) is 7.70. The number of benzene rings is 1. The molecule has 4 nitrogen and oxygen atoms in total. The molecule has 0 fully saturated rings. The molecule has 0 saturated carbocycles. The number of nitrogens with zero attached hydrogens (tertiary/aromatic N) is 1. The Balaban J connectivity index is 2.01. The summed E-state index contributed by atoms with van der Waals surface area (Å²) in [6.07, 6.45) is 2.63. The van der Waals surface area contributed by atoms with Crippen molar-refractivity contribution in [1.82, 2.24) is 5.32 Å².